The van der Waals surface area contributed by atoms with Crippen molar-refractivity contribution in [2.75, 3.05) is 0 Å². The number of amides is 2. The molecule has 0 saturated heterocycles. The molecule has 0 saturated carbocycles. The van der Waals surface area contributed by atoms with Crippen LogP contribution in [0.5, 0.6) is 5.75 Å². The van der Waals surface area contributed by atoms with E-state index in [1.807, 2.05) is 0 Å². The summed E-state index contributed by atoms with van der Waals surface area (Å²) in [7, 11) is 0. The van der Waals surface area contributed by atoms with Crippen LogP contribution in [0.1, 0.15) is 29.7 Å². The number of benzene rings is 1. The minimum absolute atomic E-state index is 0.127. The molecule has 0 spiro atoms. The summed E-state index contributed by atoms with van der Waals surface area (Å²) in [5.41, 5.74) is 5.18. The Labute approximate surface area is 178 Å². The van der Waals surface area contributed by atoms with Gasteiger partial charge in [-0.05, 0) is 32.9 Å². The molecule has 9 nitrogen and oxygen atoms in total. The Morgan fingerprint density at radius 3 is 2.50 bits per heavy atom. The maximum Gasteiger partial charge on any atom is 0.453 e. The predicted octanol–water partition coefficient (Wildman–Crippen LogP) is 2.06. The number of ether oxygens (including phenoxy) is 1. The molecule has 1 aromatic carbocycles. The van der Waals surface area contributed by atoms with E-state index in [1.165, 1.54) is 45.0 Å². The second-order valence-corrected chi connectivity index (χ2v) is 6.81. The number of hydrazine groups is 1. The molecule has 2 aromatic heterocycles. The molecule has 1 atom stereocenters. The first kappa shape index (κ1) is 22.9. The van der Waals surface area contributed by atoms with Gasteiger partial charge in [0.05, 0.1) is 6.42 Å². The maximum absolute atomic E-state index is 13.6. The topological polar surface area (TPSA) is 111 Å². The minimum atomic E-state index is -4.74. The molecule has 32 heavy (non-hydrogen) atoms. The molecule has 0 aliphatic carbocycles. The normalized spacial score (nSPS) is 12.5. The summed E-state index contributed by atoms with van der Waals surface area (Å²) >= 11 is 0. The molecule has 2 amide bonds. The fourth-order valence-electron chi connectivity index (χ4n) is 2.81. The van der Waals surface area contributed by atoms with Gasteiger partial charge in [-0.25, -0.2) is 13.9 Å². The van der Waals surface area contributed by atoms with Crippen LogP contribution < -0.4 is 15.6 Å². The zero-order valence-electron chi connectivity index (χ0n) is 17.1. The number of fused-ring (bicyclic) bond motifs is 1. The largest absolute Gasteiger partial charge is 0.478 e. The fraction of sp³-hybridized carbons (Fsp3) is 0.316. The third-order valence-electron chi connectivity index (χ3n) is 4.47. The van der Waals surface area contributed by atoms with Crippen molar-refractivity contribution in [3.05, 3.63) is 52.9 Å². The number of rotatable bonds is 5. The summed E-state index contributed by atoms with van der Waals surface area (Å²) in [6, 6.07) is 5.52. The SMILES string of the molecule is Cc1nc2nc(C(F)(F)F)nn2c(C)c1CC(=O)NNC(=O)C(C)Oc1ccccc1F. The van der Waals surface area contributed by atoms with Crippen LogP contribution in [0, 0.1) is 19.7 Å². The molecule has 2 heterocycles. The Balaban J connectivity index is 1.65. The van der Waals surface area contributed by atoms with E-state index in [1.54, 1.807) is 0 Å². The molecule has 0 fully saturated rings. The molecule has 0 bridgehead atoms. The van der Waals surface area contributed by atoms with E-state index in [4.69, 9.17) is 4.74 Å². The number of carbonyl (C=O) groups is 2. The van der Waals surface area contributed by atoms with Crippen molar-refractivity contribution in [1.82, 2.24) is 30.4 Å². The quantitative estimate of drug-likeness (QED) is 0.451. The molecule has 0 aliphatic heterocycles. The lowest BCUT2D eigenvalue weighted by Crippen LogP contribution is -2.47. The molecular weight excluding hydrogens is 436 g/mol. The van der Waals surface area contributed by atoms with Crippen LogP contribution >= 0.6 is 0 Å². The first-order valence-corrected chi connectivity index (χ1v) is 9.27. The molecule has 3 aromatic rings. The predicted molar refractivity (Wildman–Crippen MR) is 102 cm³/mol. The molecule has 13 heteroatoms. The number of aryl methyl sites for hydroxylation is 2. The number of hydrogen-bond donors (Lipinski definition) is 2. The molecule has 1 unspecified atom stereocenters. The van der Waals surface area contributed by atoms with Gasteiger partial charge in [0.25, 0.3) is 17.5 Å². The second-order valence-electron chi connectivity index (χ2n) is 6.81. The number of nitrogens with zero attached hydrogens (tertiary/aromatic N) is 4. The molecular formula is C19H18F4N6O3. The monoisotopic (exact) mass is 454 g/mol. The van der Waals surface area contributed by atoms with Gasteiger partial charge in [-0.1, -0.05) is 12.1 Å². The van der Waals surface area contributed by atoms with Crippen LogP contribution in [0.25, 0.3) is 5.78 Å². The van der Waals surface area contributed by atoms with Crippen molar-refractivity contribution in [3.63, 3.8) is 0 Å². The molecule has 3 rings (SSSR count). The molecule has 0 radical (unpaired) electrons. The minimum Gasteiger partial charge on any atom is -0.478 e. The lowest BCUT2D eigenvalue weighted by molar-refractivity contribution is -0.144. The number of hydrogen-bond acceptors (Lipinski definition) is 6. The number of alkyl halides is 3. The molecule has 170 valence electrons. The van der Waals surface area contributed by atoms with Gasteiger partial charge in [0.1, 0.15) is 0 Å². The highest BCUT2D eigenvalue weighted by atomic mass is 19.4. The lowest BCUT2D eigenvalue weighted by Gasteiger charge is -2.16. The van der Waals surface area contributed by atoms with E-state index < -0.39 is 35.7 Å². The van der Waals surface area contributed by atoms with E-state index in [0.29, 0.717) is 5.56 Å². The zero-order valence-corrected chi connectivity index (χ0v) is 17.1. The van der Waals surface area contributed by atoms with Gasteiger partial charge in [0.2, 0.25) is 5.91 Å². The Kier molecular flexibility index (Phi) is 6.27. The fourth-order valence-corrected chi connectivity index (χ4v) is 2.81. The van der Waals surface area contributed by atoms with Gasteiger partial charge in [0, 0.05) is 17.0 Å². The maximum atomic E-state index is 13.6. The highest BCUT2D eigenvalue weighted by molar-refractivity contribution is 5.85. The van der Waals surface area contributed by atoms with Crippen molar-refractivity contribution in [2.45, 2.75) is 39.5 Å². The van der Waals surface area contributed by atoms with E-state index in [9.17, 15) is 27.2 Å². The van der Waals surface area contributed by atoms with Gasteiger partial charge >= 0.3 is 6.18 Å². The third kappa shape index (κ3) is 4.92. The van der Waals surface area contributed by atoms with Crippen LogP contribution in [-0.4, -0.2) is 37.5 Å². The van der Waals surface area contributed by atoms with Crippen molar-refractivity contribution in [1.29, 1.82) is 0 Å². The van der Waals surface area contributed by atoms with Gasteiger partial charge in [0.15, 0.2) is 17.7 Å². The Hall–Kier alpha value is -3.77. The smallest absolute Gasteiger partial charge is 0.453 e. The van der Waals surface area contributed by atoms with Gasteiger partial charge in [-0.15, -0.1) is 5.10 Å². The zero-order chi connectivity index (χ0) is 23.6. The Morgan fingerprint density at radius 2 is 1.84 bits per heavy atom. The average molecular weight is 454 g/mol. The summed E-state index contributed by atoms with van der Waals surface area (Å²) < 4.78 is 58.3. The summed E-state index contributed by atoms with van der Waals surface area (Å²) in [5, 5.41) is 3.41. The second kappa shape index (κ2) is 8.77. The molecule has 0 aliphatic rings. The van der Waals surface area contributed by atoms with Crippen LogP contribution in [0.3, 0.4) is 0 Å². The van der Waals surface area contributed by atoms with Gasteiger partial charge in [-0.3, -0.25) is 20.4 Å². The number of nitrogens with one attached hydrogen (secondary N) is 2. The average Bonchev–Trinajstić information content (AvgIpc) is 3.15. The van der Waals surface area contributed by atoms with Gasteiger partial charge in [-0.2, -0.15) is 18.2 Å². The standard InChI is InChI=1S/C19H18F4N6O3/c1-9-12(10(2)29-18(24-9)25-17(28-29)19(21,22)23)8-15(30)26-27-16(31)11(3)32-14-7-5-4-6-13(14)20/h4-7,11H,8H2,1-3H3,(H,26,30)(H,27,31). The van der Waals surface area contributed by atoms with E-state index in [2.05, 4.69) is 25.9 Å². The van der Waals surface area contributed by atoms with E-state index in [-0.39, 0.29) is 29.3 Å². The highest BCUT2D eigenvalue weighted by Crippen LogP contribution is 2.27. The number of aromatic nitrogens is 4. The van der Waals surface area contributed by atoms with E-state index in [0.717, 1.165) is 4.52 Å². The number of para-hydroxylation sites is 1. The van der Waals surface area contributed by atoms with Crippen molar-refractivity contribution in [2.24, 2.45) is 0 Å². The lowest BCUT2D eigenvalue weighted by atomic mass is 10.1. The Morgan fingerprint density at radius 1 is 1.16 bits per heavy atom. The summed E-state index contributed by atoms with van der Waals surface area (Å²) in [4.78, 5) is 31.7. The summed E-state index contributed by atoms with van der Waals surface area (Å²) in [6.45, 7) is 4.35. The van der Waals surface area contributed by atoms with Crippen molar-refractivity contribution in [3.8, 4) is 5.75 Å². The third-order valence-corrected chi connectivity index (χ3v) is 4.47. The first-order chi connectivity index (χ1) is 15.0. The summed E-state index contributed by atoms with van der Waals surface area (Å²) in [6.07, 6.45) is -6.16. The Bertz CT molecular complexity index is 1180. The van der Waals surface area contributed by atoms with E-state index >= 15 is 0 Å². The number of halogens is 4. The van der Waals surface area contributed by atoms with Crippen molar-refractivity contribution < 1.29 is 31.9 Å². The van der Waals surface area contributed by atoms with Crippen LogP contribution in [0.4, 0.5) is 17.6 Å². The van der Waals surface area contributed by atoms with Crippen LogP contribution in [0.2, 0.25) is 0 Å². The number of carbonyl (C=O) groups excluding carboxylic acids is 2. The first-order valence-electron chi connectivity index (χ1n) is 9.27. The summed E-state index contributed by atoms with van der Waals surface area (Å²) in [5.74, 6) is -3.77. The van der Waals surface area contributed by atoms with Crippen LogP contribution in [0.15, 0.2) is 24.3 Å². The van der Waals surface area contributed by atoms with Crippen LogP contribution in [-0.2, 0) is 22.2 Å². The van der Waals surface area contributed by atoms with Crippen molar-refractivity contribution >= 4 is 17.6 Å². The van der Waals surface area contributed by atoms with Gasteiger partial charge < -0.3 is 4.74 Å². The molecule has 2 N–H and O–H groups in total. The highest BCUT2D eigenvalue weighted by Gasteiger charge is 2.37.